The number of carbonyl (C=O) groups is 3. The van der Waals surface area contributed by atoms with Crippen LogP contribution in [0.2, 0.25) is 5.02 Å². The van der Waals surface area contributed by atoms with Crippen LogP contribution in [0.3, 0.4) is 0 Å². The Morgan fingerprint density at radius 1 is 1.04 bits per heavy atom. The molecule has 1 aliphatic rings. The molecule has 2 N–H and O–H groups in total. The number of carbonyl (C=O) groups excluding carboxylic acids is 2. The third-order valence-electron chi connectivity index (χ3n) is 4.36. The van der Waals surface area contributed by atoms with Gasteiger partial charge in [-0.05, 0) is 36.8 Å². The van der Waals surface area contributed by atoms with Gasteiger partial charge in [0.2, 0.25) is 0 Å². The number of carboxylic acid groups (broad SMARTS) is 1. The zero-order chi connectivity index (χ0) is 19.7. The third-order valence-corrected chi connectivity index (χ3v) is 4.61. The average molecular weight is 386 g/mol. The molecule has 0 spiro atoms. The summed E-state index contributed by atoms with van der Waals surface area (Å²) in [5.74, 6) is -3.50. The number of halogens is 1. The number of carboxylic acids is 1. The van der Waals surface area contributed by atoms with Crippen molar-refractivity contribution in [3.8, 4) is 0 Å². The van der Waals surface area contributed by atoms with Gasteiger partial charge in [-0.25, -0.2) is 0 Å². The molecular weight excluding hydrogens is 370 g/mol. The molecule has 1 saturated heterocycles. The number of aryl methyl sites for hydroxylation is 1. The number of benzene rings is 2. The van der Waals surface area contributed by atoms with E-state index in [4.69, 9.17) is 16.7 Å². The highest BCUT2D eigenvalue weighted by Gasteiger charge is 2.46. The fourth-order valence-corrected chi connectivity index (χ4v) is 3.17. The van der Waals surface area contributed by atoms with Crippen molar-refractivity contribution in [2.24, 2.45) is 0 Å². The van der Waals surface area contributed by atoms with Gasteiger partial charge in [0.25, 0.3) is 11.7 Å². The number of amides is 1. The van der Waals surface area contributed by atoms with Crippen LogP contribution in [0, 0.1) is 6.92 Å². The molecule has 0 aromatic heterocycles. The van der Waals surface area contributed by atoms with Gasteiger partial charge in [-0.3, -0.25) is 14.4 Å². The van der Waals surface area contributed by atoms with Crippen molar-refractivity contribution in [3.05, 3.63) is 75.8 Å². The van der Waals surface area contributed by atoms with Crippen molar-refractivity contribution in [3.63, 3.8) is 0 Å². The predicted octanol–water partition coefficient (Wildman–Crippen LogP) is 3.15. The maximum Gasteiger partial charge on any atom is 0.323 e. The first kappa shape index (κ1) is 18.7. The molecule has 0 unspecified atom stereocenters. The normalized spacial score (nSPS) is 18.7. The Morgan fingerprint density at radius 2 is 1.63 bits per heavy atom. The molecule has 0 radical (unpaired) electrons. The smallest absolute Gasteiger partial charge is 0.323 e. The summed E-state index contributed by atoms with van der Waals surface area (Å²) in [7, 11) is 0. The van der Waals surface area contributed by atoms with E-state index in [1.54, 1.807) is 36.4 Å². The largest absolute Gasteiger partial charge is 0.507 e. The monoisotopic (exact) mass is 385 g/mol. The number of aliphatic hydroxyl groups excluding tert-OH is 1. The summed E-state index contributed by atoms with van der Waals surface area (Å²) in [5.41, 5.74) is 1.67. The Balaban J connectivity index is 2.19. The van der Waals surface area contributed by atoms with E-state index in [2.05, 4.69) is 0 Å². The fraction of sp³-hybridized carbons (Fsp3) is 0.150. The van der Waals surface area contributed by atoms with Crippen LogP contribution in [0.25, 0.3) is 5.76 Å². The van der Waals surface area contributed by atoms with Crippen molar-refractivity contribution < 1.29 is 24.6 Å². The van der Waals surface area contributed by atoms with Crippen LogP contribution < -0.4 is 0 Å². The molecule has 1 amide bonds. The molecule has 6 nitrogen and oxygen atoms in total. The molecule has 0 aliphatic carbocycles. The lowest BCUT2D eigenvalue weighted by Crippen LogP contribution is -2.34. The van der Waals surface area contributed by atoms with Gasteiger partial charge in [-0.1, -0.05) is 41.4 Å². The van der Waals surface area contributed by atoms with Crippen LogP contribution in [0.15, 0.2) is 54.1 Å². The number of nitrogens with zero attached hydrogens (tertiary/aromatic N) is 1. The van der Waals surface area contributed by atoms with Crippen LogP contribution >= 0.6 is 11.6 Å². The lowest BCUT2D eigenvalue weighted by atomic mass is 9.95. The third kappa shape index (κ3) is 3.57. The summed E-state index contributed by atoms with van der Waals surface area (Å²) in [6.07, 6.45) is 0. The number of likely N-dealkylation sites (tertiary alicyclic amines) is 1. The molecular formula is C20H16ClNO5. The standard InChI is InChI=1S/C20H16ClNO5/c1-11-2-4-12(5-3-11)17-16(18(25)13-6-8-14(21)9-7-13)19(26)20(27)22(17)10-15(23)24/h2-9,17,25H,10H2,1H3,(H,23,24)/b18-16+/t17-/m0/s1. The topological polar surface area (TPSA) is 94.9 Å². The molecule has 2 aromatic rings. The number of hydrogen-bond acceptors (Lipinski definition) is 4. The van der Waals surface area contributed by atoms with Gasteiger partial charge >= 0.3 is 5.97 Å². The molecule has 7 heteroatoms. The Morgan fingerprint density at radius 3 is 2.19 bits per heavy atom. The maximum atomic E-state index is 12.6. The highest BCUT2D eigenvalue weighted by Crippen LogP contribution is 2.39. The van der Waals surface area contributed by atoms with Gasteiger partial charge in [0, 0.05) is 10.6 Å². The van der Waals surface area contributed by atoms with E-state index in [0.29, 0.717) is 16.1 Å². The Bertz CT molecular complexity index is 947. The van der Waals surface area contributed by atoms with Crippen LogP contribution in [-0.2, 0) is 14.4 Å². The molecule has 1 heterocycles. The molecule has 1 atom stereocenters. The molecule has 27 heavy (non-hydrogen) atoms. The number of aliphatic hydroxyl groups is 1. The van der Waals surface area contributed by atoms with Crippen molar-refractivity contribution in [2.75, 3.05) is 6.54 Å². The Kier molecular flexibility index (Phi) is 5.01. The van der Waals surface area contributed by atoms with E-state index in [-0.39, 0.29) is 11.3 Å². The van der Waals surface area contributed by atoms with Crippen LogP contribution in [0.4, 0.5) is 0 Å². The van der Waals surface area contributed by atoms with E-state index < -0.39 is 30.2 Å². The lowest BCUT2D eigenvalue weighted by Gasteiger charge is -2.23. The first-order valence-electron chi connectivity index (χ1n) is 8.12. The van der Waals surface area contributed by atoms with Gasteiger partial charge in [0.05, 0.1) is 11.6 Å². The van der Waals surface area contributed by atoms with Crippen molar-refractivity contribution in [2.45, 2.75) is 13.0 Å². The van der Waals surface area contributed by atoms with E-state index in [0.717, 1.165) is 10.5 Å². The van der Waals surface area contributed by atoms with Gasteiger partial charge in [0.1, 0.15) is 12.3 Å². The minimum Gasteiger partial charge on any atom is -0.507 e. The van der Waals surface area contributed by atoms with Gasteiger partial charge in [-0.2, -0.15) is 0 Å². The maximum absolute atomic E-state index is 12.6. The number of Topliss-reactive ketones (excluding diaryl/α,β-unsaturated/α-hetero) is 1. The predicted molar refractivity (Wildman–Crippen MR) is 99.3 cm³/mol. The molecule has 3 rings (SSSR count). The number of rotatable bonds is 4. The minimum atomic E-state index is -1.25. The first-order chi connectivity index (χ1) is 12.8. The number of ketones is 1. The molecule has 0 bridgehead atoms. The van der Waals surface area contributed by atoms with E-state index in [1.165, 1.54) is 12.1 Å². The quantitative estimate of drug-likeness (QED) is 0.479. The molecule has 138 valence electrons. The summed E-state index contributed by atoms with van der Waals surface area (Å²) in [5, 5.41) is 20.3. The van der Waals surface area contributed by atoms with Gasteiger partial charge in [0.15, 0.2) is 0 Å². The number of aliphatic carboxylic acids is 1. The molecule has 1 aliphatic heterocycles. The second-order valence-corrected chi connectivity index (χ2v) is 6.67. The number of hydrogen-bond donors (Lipinski definition) is 2. The van der Waals surface area contributed by atoms with Crippen LogP contribution in [-0.4, -0.2) is 39.3 Å². The second-order valence-electron chi connectivity index (χ2n) is 6.24. The molecule has 2 aromatic carbocycles. The molecule has 1 fully saturated rings. The Labute approximate surface area is 160 Å². The summed E-state index contributed by atoms with van der Waals surface area (Å²) in [6, 6.07) is 12.1. The van der Waals surface area contributed by atoms with Crippen molar-refractivity contribution in [1.29, 1.82) is 0 Å². The summed E-state index contributed by atoms with van der Waals surface area (Å²) >= 11 is 5.86. The van der Waals surface area contributed by atoms with Gasteiger partial charge in [-0.15, -0.1) is 0 Å². The zero-order valence-electron chi connectivity index (χ0n) is 14.3. The van der Waals surface area contributed by atoms with E-state index >= 15 is 0 Å². The lowest BCUT2D eigenvalue weighted by molar-refractivity contribution is -0.146. The van der Waals surface area contributed by atoms with Crippen molar-refractivity contribution in [1.82, 2.24) is 4.90 Å². The second kappa shape index (κ2) is 7.25. The van der Waals surface area contributed by atoms with E-state index in [9.17, 15) is 19.5 Å². The SMILES string of the molecule is Cc1ccc([C@H]2/C(=C(\O)c3ccc(Cl)cc3)C(=O)C(=O)N2CC(=O)O)cc1. The van der Waals surface area contributed by atoms with Crippen molar-refractivity contribution >= 4 is 35.0 Å². The van der Waals surface area contributed by atoms with E-state index in [1.807, 2.05) is 6.92 Å². The summed E-state index contributed by atoms with van der Waals surface area (Å²) < 4.78 is 0. The van der Waals surface area contributed by atoms with Crippen LogP contribution in [0.5, 0.6) is 0 Å². The zero-order valence-corrected chi connectivity index (χ0v) is 15.1. The fourth-order valence-electron chi connectivity index (χ4n) is 3.05. The minimum absolute atomic E-state index is 0.146. The van der Waals surface area contributed by atoms with Gasteiger partial charge < -0.3 is 15.1 Å². The van der Waals surface area contributed by atoms with Crippen LogP contribution in [0.1, 0.15) is 22.7 Å². The highest BCUT2D eigenvalue weighted by molar-refractivity contribution is 6.46. The summed E-state index contributed by atoms with van der Waals surface area (Å²) in [6.45, 7) is 1.23. The average Bonchev–Trinajstić information content (AvgIpc) is 2.87. The molecule has 0 saturated carbocycles. The Hall–Kier alpha value is -3.12. The summed E-state index contributed by atoms with van der Waals surface area (Å²) in [4.78, 5) is 37.2. The highest BCUT2D eigenvalue weighted by atomic mass is 35.5. The first-order valence-corrected chi connectivity index (χ1v) is 8.50.